The van der Waals surface area contributed by atoms with Crippen molar-refractivity contribution in [3.05, 3.63) is 60.4 Å². The standard InChI is InChI=1S/C19H26N4/c1-20-18(21-11-14-23-12-5-6-13-23)22-16-19(9-10-19)15-17-7-3-2-4-8-17/h2-8,12-13H,9-11,14-16H2,1H3,(H2,20,21,22). The molecule has 0 spiro atoms. The second kappa shape index (κ2) is 7.36. The number of aromatic nitrogens is 1. The highest BCUT2D eigenvalue weighted by Gasteiger charge is 2.42. The average Bonchev–Trinajstić information content (AvgIpc) is 3.14. The number of rotatable bonds is 7. The zero-order chi connectivity index (χ0) is 16.0. The smallest absolute Gasteiger partial charge is 0.191 e. The van der Waals surface area contributed by atoms with Crippen LogP contribution in [0.2, 0.25) is 0 Å². The summed E-state index contributed by atoms with van der Waals surface area (Å²) in [6.07, 6.45) is 7.92. The number of benzene rings is 1. The summed E-state index contributed by atoms with van der Waals surface area (Å²) >= 11 is 0. The topological polar surface area (TPSA) is 41.4 Å². The molecule has 0 bridgehead atoms. The van der Waals surface area contributed by atoms with Crippen LogP contribution in [0.1, 0.15) is 18.4 Å². The van der Waals surface area contributed by atoms with Crippen LogP contribution in [0.5, 0.6) is 0 Å². The van der Waals surface area contributed by atoms with E-state index in [1.54, 1.807) is 0 Å². The maximum absolute atomic E-state index is 4.33. The molecule has 23 heavy (non-hydrogen) atoms. The number of aliphatic imine (C=N–C) groups is 1. The van der Waals surface area contributed by atoms with Crippen molar-refractivity contribution in [1.29, 1.82) is 0 Å². The Bertz CT molecular complexity index is 612. The average molecular weight is 310 g/mol. The van der Waals surface area contributed by atoms with Crippen molar-refractivity contribution in [3.63, 3.8) is 0 Å². The third-order valence-corrected chi connectivity index (χ3v) is 4.56. The van der Waals surface area contributed by atoms with E-state index in [2.05, 4.69) is 62.9 Å². The van der Waals surface area contributed by atoms with Gasteiger partial charge < -0.3 is 15.2 Å². The summed E-state index contributed by atoms with van der Waals surface area (Å²) in [5.41, 5.74) is 1.85. The van der Waals surface area contributed by atoms with Gasteiger partial charge in [0.15, 0.2) is 5.96 Å². The molecule has 0 amide bonds. The molecule has 1 aromatic carbocycles. The van der Waals surface area contributed by atoms with Gasteiger partial charge in [-0.2, -0.15) is 0 Å². The Labute approximate surface area is 138 Å². The lowest BCUT2D eigenvalue weighted by Gasteiger charge is -2.19. The molecular weight excluding hydrogens is 284 g/mol. The molecule has 4 heteroatoms. The first kappa shape index (κ1) is 15.7. The first-order valence-corrected chi connectivity index (χ1v) is 8.39. The number of nitrogens with zero attached hydrogens (tertiary/aromatic N) is 2. The quantitative estimate of drug-likeness (QED) is 0.610. The summed E-state index contributed by atoms with van der Waals surface area (Å²) in [6, 6.07) is 14.9. The predicted octanol–water partition coefficient (Wildman–Crippen LogP) is 2.68. The van der Waals surface area contributed by atoms with Crippen LogP contribution in [0.3, 0.4) is 0 Å². The van der Waals surface area contributed by atoms with E-state index >= 15 is 0 Å². The van der Waals surface area contributed by atoms with Crippen molar-refractivity contribution < 1.29 is 0 Å². The van der Waals surface area contributed by atoms with E-state index in [0.717, 1.165) is 32.0 Å². The van der Waals surface area contributed by atoms with Crippen molar-refractivity contribution in [2.75, 3.05) is 20.1 Å². The summed E-state index contributed by atoms with van der Waals surface area (Å²) in [5, 5.41) is 6.89. The summed E-state index contributed by atoms with van der Waals surface area (Å²) in [6.45, 7) is 2.81. The number of hydrogen-bond donors (Lipinski definition) is 2. The lowest BCUT2D eigenvalue weighted by atomic mass is 9.96. The van der Waals surface area contributed by atoms with Gasteiger partial charge in [-0.15, -0.1) is 0 Å². The predicted molar refractivity (Wildman–Crippen MR) is 95.6 cm³/mol. The van der Waals surface area contributed by atoms with Gasteiger partial charge in [0.2, 0.25) is 0 Å². The van der Waals surface area contributed by atoms with Crippen LogP contribution in [0.25, 0.3) is 0 Å². The number of guanidine groups is 1. The van der Waals surface area contributed by atoms with Gasteiger partial charge in [0, 0.05) is 39.1 Å². The van der Waals surface area contributed by atoms with Crippen LogP contribution in [0, 0.1) is 5.41 Å². The molecule has 2 aromatic rings. The van der Waals surface area contributed by atoms with E-state index in [1.165, 1.54) is 18.4 Å². The molecule has 0 atom stereocenters. The Morgan fingerprint density at radius 1 is 1.09 bits per heavy atom. The molecule has 2 N–H and O–H groups in total. The minimum atomic E-state index is 0.416. The van der Waals surface area contributed by atoms with Gasteiger partial charge in [0.1, 0.15) is 0 Å². The van der Waals surface area contributed by atoms with Crippen LogP contribution < -0.4 is 10.6 Å². The van der Waals surface area contributed by atoms with Gasteiger partial charge in [-0.25, -0.2) is 0 Å². The zero-order valence-corrected chi connectivity index (χ0v) is 13.8. The highest BCUT2D eigenvalue weighted by molar-refractivity contribution is 5.79. The molecular formula is C19H26N4. The molecule has 1 saturated carbocycles. The lowest BCUT2D eigenvalue weighted by Crippen LogP contribution is -2.41. The van der Waals surface area contributed by atoms with Crippen LogP contribution in [0.4, 0.5) is 0 Å². The first-order valence-electron chi connectivity index (χ1n) is 8.39. The fourth-order valence-electron chi connectivity index (χ4n) is 2.94. The van der Waals surface area contributed by atoms with E-state index in [0.29, 0.717) is 5.41 Å². The Morgan fingerprint density at radius 2 is 1.83 bits per heavy atom. The van der Waals surface area contributed by atoms with Crippen LogP contribution >= 0.6 is 0 Å². The Morgan fingerprint density at radius 3 is 2.48 bits per heavy atom. The summed E-state index contributed by atoms with van der Waals surface area (Å²) in [5.74, 6) is 0.900. The fraction of sp³-hybridized carbons (Fsp3) is 0.421. The number of nitrogens with one attached hydrogen (secondary N) is 2. The minimum Gasteiger partial charge on any atom is -0.356 e. The second-order valence-electron chi connectivity index (χ2n) is 6.44. The van der Waals surface area contributed by atoms with Crippen molar-refractivity contribution in [2.24, 2.45) is 10.4 Å². The molecule has 3 rings (SSSR count). The maximum atomic E-state index is 4.33. The van der Waals surface area contributed by atoms with Crippen molar-refractivity contribution in [1.82, 2.24) is 15.2 Å². The normalized spacial score (nSPS) is 16.1. The van der Waals surface area contributed by atoms with E-state index < -0.39 is 0 Å². The Kier molecular flexibility index (Phi) is 5.01. The summed E-state index contributed by atoms with van der Waals surface area (Å²) in [4.78, 5) is 4.33. The molecule has 1 fully saturated rings. The molecule has 1 heterocycles. The largest absolute Gasteiger partial charge is 0.356 e. The first-order chi connectivity index (χ1) is 11.3. The highest BCUT2D eigenvalue weighted by atomic mass is 15.2. The number of hydrogen-bond acceptors (Lipinski definition) is 1. The van der Waals surface area contributed by atoms with Gasteiger partial charge in [0.05, 0.1) is 0 Å². The van der Waals surface area contributed by atoms with E-state index in [9.17, 15) is 0 Å². The van der Waals surface area contributed by atoms with Crippen LogP contribution in [0.15, 0.2) is 59.9 Å². The molecule has 122 valence electrons. The van der Waals surface area contributed by atoms with Gasteiger partial charge in [0.25, 0.3) is 0 Å². The van der Waals surface area contributed by atoms with E-state index in [4.69, 9.17) is 0 Å². The SMILES string of the molecule is CN=C(NCCn1cccc1)NCC1(Cc2ccccc2)CC1. The van der Waals surface area contributed by atoms with Crippen LogP contribution in [-0.2, 0) is 13.0 Å². The molecule has 1 aromatic heterocycles. The van der Waals surface area contributed by atoms with Gasteiger partial charge >= 0.3 is 0 Å². The van der Waals surface area contributed by atoms with E-state index in [1.807, 2.05) is 19.2 Å². The summed E-state index contributed by atoms with van der Waals surface area (Å²) in [7, 11) is 1.84. The molecule has 0 unspecified atom stereocenters. The molecule has 0 radical (unpaired) electrons. The van der Waals surface area contributed by atoms with Crippen molar-refractivity contribution >= 4 is 5.96 Å². The van der Waals surface area contributed by atoms with Crippen molar-refractivity contribution in [2.45, 2.75) is 25.8 Å². The van der Waals surface area contributed by atoms with Crippen LogP contribution in [-0.4, -0.2) is 30.7 Å². The highest BCUT2D eigenvalue weighted by Crippen LogP contribution is 2.47. The monoisotopic (exact) mass is 310 g/mol. The third kappa shape index (κ3) is 4.62. The minimum absolute atomic E-state index is 0.416. The second-order valence-corrected chi connectivity index (χ2v) is 6.44. The van der Waals surface area contributed by atoms with Crippen molar-refractivity contribution in [3.8, 4) is 0 Å². The zero-order valence-electron chi connectivity index (χ0n) is 13.8. The fourth-order valence-corrected chi connectivity index (χ4v) is 2.94. The molecule has 1 aliphatic rings. The third-order valence-electron chi connectivity index (χ3n) is 4.56. The Hall–Kier alpha value is -2.23. The van der Waals surface area contributed by atoms with Gasteiger partial charge in [-0.05, 0) is 42.4 Å². The Balaban J connectivity index is 1.43. The molecule has 4 nitrogen and oxygen atoms in total. The van der Waals surface area contributed by atoms with Gasteiger partial charge in [-0.1, -0.05) is 30.3 Å². The maximum Gasteiger partial charge on any atom is 0.191 e. The summed E-state index contributed by atoms with van der Waals surface area (Å²) < 4.78 is 2.16. The molecule has 1 aliphatic carbocycles. The van der Waals surface area contributed by atoms with Gasteiger partial charge in [-0.3, -0.25) is 4.99 Å². The van der Waals surface area contributed by atoms with E-state index in [-0.39, 0.29) is 0 Å². The lowest BCUT2D eigenvalue weighted by molar-refractivity contribution is 0.491. The molecule has 0 saturated heterocycles. The molecule has 0 aliphatic heterocycles.